The van der Waals surface area contributed by atoms with E-state index in [-0.39, 0.29) is 11.7 Å². The number of carbonyl (C=O) groups is 1. The van der Waals surface area contributed by atoms with Crippen LogP contribution in [0.3, 0.4) is 0 Å². The molecule has 0 atom stereocenters. The number of benzene rings is 2. The van der Waals surface area contributed by atoms with Gasteiger partial charge in [-0.2, -0.15) is 0 Å². The Hall–Kier alpha value is -2.91. The van der Waals surface area contributed by atoms with Crippen molar-refractivity contribution in [3.8, 4) is 28.6 Å². The van der Waals surface area contributed by atoms with Gasteiger partial charge in [-0.15, -0.1) is 10.2 Å². The average molecular weight is 463 g/mol. The van der Waals surface area contributed by atoms with Gasteiger partial charge in [0.1, 0.15) is 0 Å². The monoisotopic (exact) mass is 462 g/mol. The van der Waals surface area contributed by atoms with Gasteiger partial charge < -0.3 is 24.1 Å². The number of rotatable bonds is 9. The molecule has 0 spiro atoms. The van der Waals surface area contributed by atoms with Crippen LogP contribution in [0.1, 0.15) is 5.56 Å². The molecule has 1 N–H and O–H groups in total. The van der Waals surface area contributed by atoms with Crippen molar-refractivity contribution < 1.29 is 19.0 Å². The normalized spacial score (nSPS) is 10.6. The molecule has 31 heavy (non-hydrogen) atoms. The molecule has 0 bridgehead atoms. The van der Waals surface area contributed by atoms with Crippen LogP contribution in [-0.4, -0.2) is 47.8 Å². The molecule has 0 aliphatic rings. The highest BCUT2D eigenvalue weighted by Gasteiger charge is 2.16. The number of hydrogen-bond acceptors (Lipinski definition) is 7. The standard InChI is InChI=1S/C21H23ClN4O4S/c1-26-20(14-7-5-6-8-15(14)22)24-25-21(26)31-12-18(27)23-11-13-9-16(28-2)19(30-4)17(10-13)29-3/h5-10H,11-12H2,1-4H3,(H,23,27). The Bertz CT molecular complexity index is 1050. The van der Waals surface area contributed by atoms with Crippen LogP contribution in [0.25, 0.3) is 11.4 Å². The fourth-order valence-electron chi connectivity index (χ4n) is 2.94. The van der Waals surface area contributed by atoms with Gasteiger partial charge in [0.25, 0.3) is 0 Å². The van der Waals surface area contributed by atoms with Crippen LogP contribution in [0.5, 0.6) is 17.2 Å². The van der Waals surface area contributed by atoms with E-state index >= 15 is 0 Å². The van der Waals surface area contributed by atoms with E-state index in [2.05, 4.69) is 15.5 Å². The summed E-state index contributed by atoms with van der Waals surface area (Å²) in [5, 5.41) is 12.5. The maximum atomic E-state index is 12.4. The molecule has 0 saturated heterocycles. The van der Waals surface area contributed by atoms with Gasteiger partial charge in [0, 0.05) is 19.2 Å². The van der Waals surface area contributed by atoms with Gasteiger partial charge in [-0.05, 0) is 29.8 Å². The lowest BCUT2D eigenvalue weighted by Gasteiger charge is -2.14. The van der Waals surface area contributed by atoms with Gasteiger partial charge in [0.2, 0.25) is 11.7 Å². The number of nitrogens with one attached hydrogen (secondary N) is 1. The zero-order chi connectivity index (χ0) is 22.4. The van der Waals surface area contributed by atoms with Gasteiger partial charge in [0.15, 0.2) is 22.5 Å². The molecular weight excluding hydrogens is 440 g/mol. The summed E-state index contributed by atoms with van der Waals surface area (Å²) in [7, 11) is 6.49. The second-order valence-corrected chi connectivity index (χ2v) is 7.79. The summed E-state index contributed by atoms with van der Waals surface area (Å²) in [6, 6.07) is 11.0. The van der Waals surface area contributed by atoms with Gasteiger partial charge in [-0.25, -0.2) is 0 Å². The lowest BCUT2D eigenvalue weighted by molar-refractivity contribution is -0.118. The highest BCUT2D eigenvalue weighted by Crippen LogP contribution is 2.38. The minimum atomic E-state index is -0.138. The summed E-state index contributed by atoms with van der Waals surface area (Å²) in [6.07, 6.45) is 0. The van der Waals surface area contributed by atoms with E-state index in [4.69, 9.17) is 25.8 Å². The summed E-state index contributed by atoms with van der Waals surface area (Å²) in [5.41, 5.74) is 1.62. The Labute approximate surface area is 189 Å². The molecule has 0 aliphatic carbocycles. The number of halogens is 1. The minimum absolute atomic E-state index is 0.138. The van der Waals surface area contributed by atoms with Gasteiger partial charge in [-0.1, -0.05) is 35.5 Å². The maximum Gasteiger partial charge on any atom is 0.230 e. The molecule has 0 aliphatic heterocycles. The van der Waals surface area contributed by atoms with Crippen LogP contribution in [0, 0.1) is 0 Å². The molecule has 10 heteroatoms. The Balaban J connectivity index is 1.61. The smallest absolute Gasteiger partial charge is 0.230 e. The second kappa shape index (κ2) is 10.4. The molecule has 0 fully saturated rings. The van der Waals surface area contributed by atoms with Crippen LogP contribution < -0.4 is 19.5 Å². The first-order valence-electron chi connectivity index (χ1n) is 9.31. The minimum Gasteiger partial charge on any atom is -0.493 e. The molecule has 1 amide bonds. The van der Waals surface area contributed by atoms with Crippen molar-refractivity contribution >= 4 is 29.3 Å². The predicted molar refractivity (Wildman–Crippen MR) is 120 cm³/mol. The summed E-state index contributed by atoms with van der Waals surface area (Å²) in [4.78, 5) is 12.4. The van der Waals surface area contributed by atoms with E-state index in [0.717, 1.165) is 11.1 Å². The van der Waals surface area contributed by atoms with Crippen LogP contribution in [0.4, 0.5) is 0 Å². The number of ether oxygens (including phenoxy) is 3. The molecule has 3 rings (SSSR count). The molecule has 8 nitrogen and oxygen atoms in total. The van der Waals surface area contributed by atoms with E-state index in [9.17, 15) is 4.79 Å². The Morgan fingerprint density at radius 3 is 2.39 bits per heavy atom. The number of thioether (sulfide) groups is 1. The number of aromatic nitrogens is 3. The number of methoxy groups -OCH3 is 3. The topological polar surface area (TPSA) is 87.5 Å². The molecule has 0 unspecified atom stereocenters. The highest BCUT2D eigenvalue weighted by molar-refractivity contribution is 7.99. The fourth-order valence-corrected chi connectivity index (χ4v) is 3.90. The number of carbonyl (C=O) groups excluding carboxylic acids is 1. The summed E-state index contributed by atoms with van der Waals surface area (Å²) >= 11 is 7.55. The van der Waals surface area contributed by atoms with E-state index in [1.807, 2.05) is 29.8 Å². The second-order valence-electron chi connectivity index (χ2n) is 6.44. The third-order valence-electron chi connectivity index (χ3n) is 4.50. The van der Waals surface area contributed by atoms with Crippen molar-refractivity contribution in [3.05, 3.63) is 47.0 Å². The van der Waals surface area contributed by atoms with Crippen LogP contribution >= 0.6 is 23.4 Å². The Morgan fingerprint density at radius 1 is 1.10 bits per heavy atom. The molecule has 0 radical (unpaired) electrons. The van der Waals surface area contributed by atoms with Crippen LogP contribution in [-0.2, 0) is 18.4 Å². The lowest BCUT2D eigenvalue weighted by Crippen LogP contribution is -2.24. The zero-order valence-electron chi connectivity index (χ0n) is 17.6. The van der Waals surface area contributed by atoms with E-state index < -0.39 is 0 Å². The molecule has 2 aromatic carbocycles. The molecule has 3 aromatic rings. The molecule has 1 heterocycles. The first kappa shape index (κ1) is 22.8. The first-order valence-corrected chi connectivity index (χ1v) is 10.7. The van der Waals surface area contributed by atoms with E-state index in [0.29, 0.717) is 39.8 Å². The average Bonchev–Trinajstić information content (AvgIpc) is 3.15. The van der Waals surface area contributed by atoms with Gasteiger partial charge in [-0.3, -0.25) is 4.79 Å². The fraction of sp³-hybridized carbons (Fsp3) is 0.286. The number of amides is 1. The molecule has 1 aromatic heterocycles. The molecule has 164 valence electrons. The van der Waals surface area contributed by atoms with Crippen molar-refractivity contribution in [2.45, 2.75) is 11.7 Å². The predicted octanol–water partition coefficient (Wildman–Crippen LogP) is 3.57. The summed E-state index contributed by atoms with van der Waals surface area (Å²) in [5.74, 6) is 2.27. The van der Waals surface area contributed by atoms with E-state index in [1.165, 1.54) is 11.8 Å². The van der Waals surface area contributed by atoms with Crippen LogP contribution in [0.2, 0.25) is 5.02 Å². The van der Waals surface area contributed by atoms with E-state index in [1.54, 1.807) is 39.5 Å². The molecule has 0 saturated carbocycles. The molecular formula is C21H23ClN4O4S. The third kappa shape index (κ3) is 5.23. The van der Waals surface area contributed by atoms with Crippen molar-refractivity contribution in [3.63, 3.8) is 0 Å². The maximum absolute atomic E-state index is 12.4. The lowest BCUT2D eigenvalue weighted by atomic mass is 10.2. The van der Waals surface area contributed by atoms with Gasteiger partial charge in [0.05, 0.1) is 32.1 Å². The third-order valence-corrected chi connectivity index (χ3v) is 5.85. The number of nitrogens with zero attached hydrogens (tertiary/aromatic N) is 3. The Morgan fingerprint density at radius 2 is 1.77 bits per heavy atom. The van der Waals surface area contributed by atoms with Gasteiger partial charge >= 0.3 is 0 Å². The SMILES string of the molecule is COc1cc(CNC(=O)CSc2nnc(-c3ccccc3Cl)n2C)cc(OC)c1OC. The van der Waals surface area contributed by atoms with Crippen molar-refractivity contribution in [1.29, 1.82) is 0 Å². The first-order chi connectivity index (χ1) is 15.0. The highest BCUT2D eigenvalue weighted by atomic mass is 35.5. The van der Waals surface area contributed by atoms with Crippen LogP contribution in [0.15, 0.2) is 41.6 Å². The van der Waals surface area contributed by atoms with Crippen molar-refractivity contribution in [2.75, 3.05) is 27.1 Å². The zero-order valence-corrected chi connectivity index (χ0v) is 19.2. The summed E-state index contributed by atoms with van der Waals surface area (Å²) in [6.45, 7) is 0.319. The largest absolute Gasteiger partial charge is 0.493 e. The van der Waals surface area contributed by atoms with Crippen molar-refractivity contribution in [1.82, 2.24) is 20.1 Å². The Kier molecular flexibility index (Phi) is 7.64. The number of hydrogen-bond donors (Lipinski definition) is 1. The summed E-state index contributed by atoms with van der Waals surface area (Å²) < 4.78 is 17.8. The van der Waals surface area contributed by atoms with Crippen molar-refractivity contribution in [2.24, 2.45) is 7.05 Å². The quantitative estimate of drug-likeness (QED) is 0.486.